The molecule has 19 heavy (non-hydrogen) atoms. The molecule has 0 aliphatic carbocycles. The van der Waals surface area contributed by atoms with Gasteiger partial charge in [-0.3, -0.25) is 10.1 Å². The van der Waals surface area contributed by atoms with Crippen LogP contribution >= 0.6 is 0 Å². The number of non-ortho nitro benzene ring substituents is 1. The Morgan fingerprint density at radius 1 is 1.00 bits per heavy atom. The predicted octanol–water partition coefficient (Wildman–Crippen LogP) is 2.01. The van der Waals surface area contributed by atoms with Gasteiger partial charge in [0.15, 0.2) is 0 Å². The molecular weight excluding hydrogens is 268 g/mol. The Hall–Kier alpha value is -2.41. The van der Waals surface area contributed by atoms with Crippen molar-refractivity contribution in [3.8, 4) is 0 Å². The van der Waals surface area contributed by atoms with Crippen molar-refractivity contribution in [2.24, 2.45) is 0 Å². The molecule has 0 spiro atoms. The molecule has 6 nitrogen and oxygen atoms in total. The van der Waals surface area contributed by atoms with E-state index in [0.29, 0.717) is 5.69 Å². The Bertz CT molecular complexity index is 741. The molecule has 0 aromatic heterocycles. The van der Waals surface area contributed by atoms with E-state index in [4.69, 9.17) is 5.73 Å². The number of benzene rings is 2. The molecule has 2 aromatic rings. The smallest absolute Gasteiger partial charge is 0.270 e. The summed E-state index contributed by atoms with van der Waals surface area (Å²) in [5, 5.41) is 10.7. The Balaban J connectivity index is 2.57. The van der Waals surface area contributed by atoms with Crippen LogP contribution in [-0.2, 0) is 9.84 Å². The second-order valence-corrected chi connectivity index (χ2v) is 5.78. The van der Waals surface area contributed by atoms with E-state index in [-0.39, 0.29) is 15.5 Å². The van der Waals surface area contributed by atoms with Gasteiger partial charge < -0.3 is 5.73 Å². The van der Waals surface area contributed by atoms with Crippen LogP contribution in [0.15, 0.2) is 58.3 Å². The SMILES string of the molecule is Nc1cccc(S(=O)(=O)c2cccc([N+](=O)[O-])c2)c1. The predicted molar refractivity (Wildman–Crippen MR) is 69.4 cm³/mol. The van der Waals surface area contributed by atoms with Gasteiger partial charge in [0.1, 0.15) is 0 Å². The summed E-state index contributed by atoms with van der Waals surface area (Å²) in [6.45, 7) is 0. The summed E-state index contributed by atoms with van der Waals surface area (Å²) in [4.78, 5) is 9.90. The number of anilines is 1. The van der Waals surface area contributed by atoms with Crippen LogP contribution in [-0.4, -0.2) is 13.3 Å². The first kappa shape index (κ1) is 13.0. The Kier molecular flexibility index (Phi) is 3.22. The summed E-state index contributed by atoms with van der Waals surface area (Å²) in [5.74, 6) is 0. The molecule has 2 aromatic carbocycles. The highest BCUT2D eigenvalue weighted by Gasteiger charge is 2.20. The van der Waals surface area contributed by atoms with Crippen LogP contribution in [0.5, 0.6) is 0 Å². The van der Waals surface area contributed by atoms with Crippen molar-refractivity contribution in [1.82, 2.24) is 0 Å². The number of nitrogen functional groups attached to an aromatic ring is 1. The van der Waals surface area contributed by atoms with Crippen LogP contribution in [0.2, 0.25) is 0 Å². The molecule has 0 bridgehead atoms. The van der Waals surface area contributed by atoms with Crippen LogP contribution in [0.25, 0.3) is 0 Å². The third kappa shape index (κ3) is 2.55. The third-order valence-electron chi connectivity index (χ3n) is 2.51. The van der Waals surface area contributed by atoms with E-state index in [2.05, 4.69) is 0 Å². The van der Waals surface area contributed by atoms with E-state index >= 15 is 0 Å². The Labute approximate surface area is 109 Å². The molecule has 2 rings (SSSR count). The normalized spacial score (nSPS) is 11.2. The Morgan fingerprint density at radius 2 is 1.58 bits per heavy atom. The molecule has 7 heteroatoms. The molecule has 2 N–H and O–H groups in total. The van der Waals surface area contributed by atoms with Gasteiger partial charge in [0, 0.05) is 17.8 Å². The van der Waals surface area contributed by atoms with Gasteiger partial charge in [-0.15, -0.1) is 0 Å². The number of nitrogens with zero attached hydrogens (tertiary/aromatic N) is 1. The van der Waals surface area contributed by atoms with Gasteiger partial charge in [-0.05, 0) is 24.3 Å². The summed E-state index contributed by atoms with van der Waals surface area (Å²) in [5.41, 5.74) is 5.58. The summed E-state index contributed by atoms with van der Waals surface area (Å²) in [6, 6.07) is 10.7. The Morgan fingerprint density at radius 3 is 2.16 bits per heavy atom. The third-order valence-corrected chi connectivity index (χ3v) is 4.26. The van der Waals surface area contributed by atoms with E-state index in [1.807, 2.05) is 0 Å². The molecule has 0 fully saturated rings. The second-order valence-electron chi connectivity index (χ2n) is 3.83. The van der Waals surface area contributed by atoms with Crippen molar-refractivity contribution in [3.05, 3.63) is 58.6 Å². The largest absolute Gasteiger partial charge is 0.399 e. The van der Waals surface area contributed by atoms with E-state index in [9.17, 15) is 18.5 Å². The van der Waals surface area contributed by atoms with Crippen molar-refractivity contribution in [3.63, 3.8) is 0 Å². The molecular formula is C12H10N2O4S. The number of rotatable bonds is 3. The number of sulfone groups is 1. The number of nitro groups is 1. The summed E-state index contributed by atoms with van der Waals surface area (Å²) < 4.78 is 24.6. The van der Waals surface area contributed by atoms with Crippen LogP contribution in [0.3, 0.4) is 0 Å². The number of hydrogen-bond donors (Lipinski definition) is 1. The number of hydrogen-bond acceptors (Lipinski definition) is 5. The van der Waals surface area contributed by atoms with E-state index in [1.54, 1.807) is 6.07 Å². The zero-order chi connectivity index (χ0) is 14.0. The van der Waals surface area contributed by atoms with Crippen molar-refractivity contribution >= 4 is 21.2 Å². The summed E-state index contributed by atoms with van der Waals surface area (Å²) >= 11 is 0. The van der Waals surface area contributed by atoms with Gasteiger partial charge in [0.2, 0.25) is 9.84 Å². The molecule has 0 atom stereocenters. The van der Waals surface area contributed by atoms with Crippen molar-refractivity contribution in [2.75, 3.05) is 5.73 Å². The highest BCUT2D eigenvalue weighted by Crippen LogP contribution is 2.25. The maximum absolute atomic E-state index is 12.3. The fourth-order valence-corrected chi connectivity index (χ4v) is 2.94. The molecule has 0 saturated heterocycles. The average Bonchev–Trinajstić information content (AvgIpc) is 2.39. The number of nitro benzene ring substituents is 1. The molecule has 0 unspecified atom stereocenters. The monoisotopic (exact) mass is 278 g/mol. The molecule has 0 saturated carbocycles. The lowest BCUT2D eigenvalue weighted by Gasteiger charge is -2.05. The van der Waals surface area contributed by atoms with E-state index in [0.717, 1.165) is 6.07 Å². The first-order valence-corrected chi connectivity index (χ1v) is 6.74. The van der Waals surface area contributed by atoms with E-state index < -0.39 is 14.8 Å². The quantitative estimate of drug-likeness (QED) is 0.525. The molecule has 0 amide bonds. The first-order chi connectivity index (χ1) is 8.91. The lowest BCUT2D eigenvalue weighted by molar-refractivity contribution is -0.385. The summed E-state index contributed by atoms with van der Waals surface area (Å²) in [6.07, 6.45) is 0. The molecule has 0 radical (unpaired) electrons. The fraction of sp³-hybridized carbons (Fsp3) is 0. The maximum Gasteiger partial charge on any atom is 0.270 e. The highest BCUT2D eigenvalue weighted by molar-refractivity contribution is 7.91. The topological polar surface area (TPSA) is 103 Å². The van der Waals surface area contributed by atoms with Crippen LogP contribution < -0.4 is 5.73 Å². The zero-order valence-electron chi connectivity index (χ0n) is 9.68. The van der Waals surface area contributed by atoms with Crippen LogP contribution in [0, 0.1) is 10.1 Å². The van der Waals surface area contributed by atoms with Gasteiger partial charge >= 0.3 is 0 Å². The van der Waals surface area contributed by atoms with Gasteiger partial charge in [-0.2, -0.15) is 0 Å². The zero-order valence-corrected chi connectivity index (χ0v) is 10.5. The first-order valence-electron chi connectivity index (χ1n) is 5.26. The van der Waals surface area contributed by atoms with Gasteiger partial charge in [0.25, 0.3) is 5.69 Å². The molecule has 0 aliphatic rings. The van der Waals surface area contributed by atoms with Crippen LogP contribution in [0.4, 0.5) is 11.4 Å². The van der Waals surface area contributed by atoms with Gasteiger partial charge in [-0.25, -0.2) is 8.42 Å². The minimum Gasteiger partial charge on any atom is -0.399 e. The van der Waals surface area contributed by atoms with Crippen molar-refractivity contribution in [1.29, 1.82) is 0 Å². The number of nitrogens with two attached hydrogens (primary N) is 1. The highest BCUT2D eigenvalue weighted by atomic mass is 32.2. The average molecular weight is 278 g/mol. The van der Waals surface area contributed by atoms with Crippen molar-refractivity contribution < 1.29 is 13.3 Å². The summed E-state index contributed by atoms with van der Waals surface area (Å²) in [7, 11) is -3.80. The molecule has 98 valence electrons. The minimum atomic E-state index is -3.80. The van der Waals surface area contributed by atoms with Crippen LogP contribution in [0.1, 0.15) is 0 Å². The standard InChI is InChI=1S/C12H10N2O4S/c13-9-3-1-5-11(7-9)19(17,18)12-6-2-4-10(8-12)14(15)16/h1-8H,13H2. The second kappa shape index (κ2) is 4.69. The lowest BCUT2D eigenvalue weighted by Crippen LogP contribution is -2.03. The molecule has 0 aliphatic heterocycles. The van der Waals surface area contributed by atoms with Gasteiger partial charge in [0.05, 0.1) is 14.7 Å². The van der Waals surface area contributed by atoms with Gasteiger partial charge in [-0.1, -0.05) is 12.1 Å². The van der Waals surface area contributed by atoms with E-state index in [1.165, 1.54) is 36.4 Å². The fourth-order valence-electron chi connectivity index (χ4n) is 1.58. The molecule has 0 heterocycles. The maximum atomic E-state index is 12.3. The van der Waals surface area contributed by atoms with Crippen molar-refractivity contribution in [2.45, 2.75) is 9.79 Å². The minimum absolute atomic E-state index is 0.00741. The lowest BCUT2D eigenvalue weighted by atomic mass is 10.3.